The van der Waals surface area contributed by atoms with Gasteiger partial charge < -0.3 is 25.2 Å². The molecule has 0 radical (unpaired) electrons. The van der Waals surface area contributed by atoms with Gasteiger partial charge >= 0.3 is 0 Å². The number of anilines is 1. The Balaban J connectivity index is 1.54. The molecule has 0 spiro atoms. The lowest BCUT2D eigenvalue weighted by atomic mass is 9.99. The molecule has 0 amide bonds. The summed E-state index contributed by atoms with van der Waals surface area (Å²) >= 11 is 6.06. The van der Waals surface area contributed by atoms with Gasteiger partial charge in [0.05, 0.1) is 13.2 Å². The largest absolute Gasteiger partial charge is 0.493 e. The summed E-state index contributed by atoms with van der Waals surface area (Å²) in [6, 6.07) is 11.2. The van der Waals surface area contributed by atoms with Crippen molar-refractivity contribution in [1.82, 2.24) is 5.32 Å². The molecular formula is C22H25ClN2O3. The Bertz CT molecular complexity index is 863. The smallest absolute Gasteiger partial charge is 0.134 e. The molecule has 0 aromatic heterocycles. The molecule has 28 heavy (non-hydrogen) atoms. The molecule has 0 bridgehead atoms. The maximum absolute atomic E-state index is 9.88. The minimum atomic E-state index is -0.0840. The fraction of sp³-hybridized carbons (Fsp3) is 0.364. The van der Waals surface area contributed by atoms with Crippen LogP contribution in [0, 0.1) is 5.92 Å². The summed E-state index contributed by atoms with van der Waals surface area (Å²) in [4.78, 5) is 0. The number of halogens is 1. The third-order valence-electron chi connectivity index (χ3n) is 5.17. The zero-order chi connectivity index (χ0) is 19.3. The predicted molar refractivity (Wildman–Crippen MR) is 112 cm³/mol. The van der Waals surface area contributed by atoms with Gasteiger partial charge in [-0.15, -0.1) is 0 Å². The van der Waals surface area contributed by atoms with Gasteiger partial charge in [0.15, 0.2) is 0 Å². The molecule has 4 rings (SSSR count). The molecule has 5 nitrogen and oxygen atoms in total. The number of rotatable bonds is 6. The Morgan fingerprint density at radius 2 is 2.00 bits per heavy atom. The minimum absolute atomic E-state index is 0.0840. The molecule has 2 heterocycles. The van der Waals surface area contributed by atoms with Crippen molar-refractivity contribution in [2.45, 2.75) is 19.4 Å². The molecule has 2 aromatic carbocycles. The van der Waals surface area contributed by atoms with Gasteiger partial charge in [-0.05, 0) is 62.2 Å². The van der Waals surface area contributed by atoms with Crippen LogP contribution in [0.3, 0.4) is 0 Å². The van der Waals surface area contributed by atoms with Gasteiger partial charge in [-0.2, -0.15) is 0 Å². The van der Waals surface area contributed by atoms with Gasteiger partial charge in [-0.1, -0.05) is 17.7 Å². The zero-order valence-electron chi connectivity index (χ0n) is 15.7. The topological polar surface area (TPSA) is 62.8 Å². The molecule has 2 aromatic rings. The average molecular weight is 401 g/mol. The summed E-state index contributed by atoms with van der Waals surface area (Å²) in [6.07, 6.45) is 4.23. The minimum Gasteiger partial charge on any atom is -0.493 e. The normalized spacial score (nSPS) is 16.7. The summed E-state index contributed by atoms with van der Waals surface area (Å²) in [7, 11) is 0. The van der Waals surface area contributed by atoms with E-state index in [4.69, 9.17) is 21.1 Å². The SMILES string of the molecule is OCc1cc2c(cc1OCC1CCNCC1)NCC=C2Oc1cccc(Cl)c1. The number of aliphatic hydroxyl groups excluding tert-OH is 1. The standard InChI is InChI=1S/C22H25ClN2O3/c23-17-2-1-3-18(11-17)28-21-6-9-25-20-12-22(16(13-26)10-19(20)21)27-14-15-4-7-24-8-5-15/h1-3,6,10-12,15,24-26H,4-5,7-9,13-14H2. The van der Waals surface area contributed by atoms with Crippen molar-refractivity contribution >= 4 is 23.0 Å². The highest BCUT2D eigenvalue weighted by Crippen LogP contribution is 2.36. The van der Waals surface area contributed by atoms with E-state index in [9.17, 15) is 5.11 Å². The summed E-state index contributed by atoms with van der Waals surface area (Å²) in [6.45, 7) is 3.34. The van der Waals surface area contributed by atoms with E-state index in [1.54, 1.807) is 6.07 Å². The number of piperidine rings is 1. The number of fused-ring (bicyclic) bond motifs is 1. The number of nitrogens with one attached hydrogen (secondary N) is 2. The lowest BCUT2D eigenvalue weighted by Crippen LogP contribution is -2.30. The molecule has 3 N–H and O–H groups in total. The van der Waals surface area contributed by atoms with Crippen molar-refractivity contribution in [1.29, 1.82) is 0 Å². The molecule has 0 aliphatic carbocycles. The van der Waals surface area contributed by atoms with Gasteiger partial charge in [-0.25, -0.2) is 0 Å². The van der Waals surface area contributed by atoms with E-state index in [-0.39, 0.29) is 6.61 Å². The van der Waals surface area contributed by atoms with Gasteiger partial charge in [0.25, 0.3) is 0 Å². The van der Waals surface area contributed by atoms with E-state index in [1.807, 2.05) is 36.4 Å². The number of ether oxygens (including phenoxy) is 2. The monoisotopic (exact) mass is 400 g/mol. The van der Waals surface area contributed by atoms with Gasteiger partial charge in [0, 0.05) is 34.4 Å². The second kappa shape index (κ2) is 8.86. The lowest BCUT2D eigenvalue weighted by Gasteiger charge is -2.25. The van der Waals surface area contributed by atoms with E-state index in [2.05, 4.69) is 10.6 Å². The van der Waals surface area contributed by atoms with E-state index in [0.717, 1.165) is 54.3 Å². The fourth-order valence-electron chi connectivity index (χ4n) is 3.61. The van der Waals surface area contributed by atoms with Crippen LogP contribution in [0.2, 0.25) is 5.02 Å². The van der Waals surface area contributed by atoms with Crippen LogP contribution in [0.1, 0.15) is 24.0 Å². The Hall–Kier alpha value is -2.21. The average Bonchev–Trinajstić information content (AvgIpc) is 2.72. The van der Waals surface area contributed by atoms with Crippen molar-refractivity contribution in [3.05, 3.63) is 58.6 Å². The second-order valence-electron chi connectivity index (χ2n) is 7.18. The molecule has 1 fully saturated rings. The van der Waals surface area contributed by atoms with E-state index >= 15 is 0 Å². The Morgan fingerprint density at radius 1 is 1.14 bits per heavy atom. The Labute approximate surface area is 170 Å². The van der Waals surface area contributed by atoms with Crippen LogP contribution in [-0.2, 0) is 6.61 Å². The van der Waals surface area contributed by atoms with Crippen molar-refractivity contribution in [2.24, 2.45) is 5.92 Å². The molecule has 148 valence electrons. The molecule has 0 atom stereocenters. The number of hydrogen-bond donors (Lipinski definition) is 3. The summed E-state index contributed by atoms with van der Waals surface area (Å²) in [5, 5.41) is 17.2. The first-order chi connectivity index (χ1) is 13.7. The number of aliphatic hydroxyl groups is 1. The maximum Gasteiger partial charge on any atom is 0.134 e. The molecule has 1 saturated heterocycles. The van der Waals surface area contributed by atoms with Crippen molar-refractivity contribution in [3.63, 3.8) is 0 Å². The summed E-state index contributed by atoms with van der Waals surface area (Å²) in [5.74, 6) is 2.72. The first-order valence-corrected chi connectivity index (χ1v) is 10.1. The van der Waals surface area contributed by atoms with Crippen molar-refractivity contribution in [3.8, 4) is 11.5 Å². The Kier molecular flexibility index (Phi) is 6.05. The molecule has 0 saturated carbocycles. The van der Waals surface area contributed by atoms with Crippen molar-refractivity contribution < 1.29 is 14.6 Å². The van der Waals surface area contributed by atoms with Gasteiger partial charge in [0.1, 0.15) is 17.3 Å². The van der Waals surface area contributed by atoms with Crippen LogP contribution in [0.15, 0.2) is 42.5 Å². The first kappa shape index (κ1) is 19.1. The van der Waals surface area contributed by atoms with Crippen LogP contribution in [0.25, 0.3) is 5.76 Å². The highest BCUT2D eigenvalue weighted by molar-refractivity contribution is 6.30. The highest BCUT2D eigenvalue weighted by atomic mass is 35.5. The van der Waals surface area contributed by atoms with Gasteiger partial charge in [-0.3, -0.25) is 0 Å². The fourth-order valence-corrected chi connectivity index (χ4v) is 3.79. The van der Waals surface area contributed by atoms with Crippen LogP contribution in [0.5, 0.6) is 11.5 Å². The van der Waals surface area contributed by atoms with E-state index in [1.165, 1.54) is 0 Å². The summed E-state index contributed by atoms with van der Waals surface area (Å²) < 4.78 is 12.2. The quantitative estimate of drug-likeness (QED) is 0.682. The first-order valence-electron chi connectivity index (χ1n) is 9.72. The summed E-state index contributed by atoms with van der Waals surface area (Å²) in [5.41, 5.74) is 2.61. The highest BCUT2D eigenvalue weighted by Gasteiger charge is 2.20. The Morgan fingerprint density at radius 3 is 2.79 bits per heavy atom. The van der Waals surface area contributed by atoms with Crippen LogP contribution in [-0.4, -0.2) is 31.3 Å². The van der Waals surface area contributed by atoms with E-state index < -0.39 is 0 Å². The molecule has 0 unspecified atom stereocenters. The van der Waals surface area contributed by atoms with Crippen LogP contribution in [0.4, 0.5) is 5.69 Å². The number of benzene rings is 2. The second-order valence-corrected chi connectivity index (χ2v) is 7.61. The maximum atomic E-state index is 9.88. The van der Waals surface area contributed by atoms with E-state index in [0.29, 0.717) is 29.8 Å². The molecular weight excluding hydrogens is 376 g/mol. The third-order valence-corrected chi connectivity index (χ3v) is 5.41. The lowest BCUT2D eigenvalue weighted by molar-refractivity contribution is 0.207. The van der Waals surface area contributed by atoms with Crippen LogP contribution >= 0.6 is 11.6 Å². The zero-order valence-corrected chi connectivity index (χ0v) is 16.5. The van der Waals surface area contributed by atoms with Gasteiger partial charge in [0.2, 0.25) is 0 Å². The van der Waals surface area contributed by atoms with Crippen LogP contribution < -0.4 is 20.1 Å². The molecule has 2 aliphatic heterocycles. The molecule has 6 heteroatoms. The molecule has 2 aliphatic rings. The predicted octanol–water partition coefficient (Wildman–Crippen LogP) is 4.06. The number of hydrogen-bond acceptors (Lipinski definition) is 5. The third kappa shape index (κ3) is 4.43. The van der Waals surface area contributed by atoms with Crippen molar-refractivity contribution in [2.75, 3.05) is 31.6 Å².